The van der Waals surface area contributed by atoms with Crippen LogP contribution >= 0.6 is 23.2 Å². The summed E-state index contributed by atoms with van der Waals surface area (Å²) in [5.74, 6) is -0.762. The lowest BCUT2D eigenvalue weighted by Crippen LogP contribution is -2.03. The van der Waals surface area contributed by atoms with Crippen LogP contribution in [0.1, 0.15) is 10.4 Å². The third-order valence-corrected chi connectivity index (χ3v) is 2.44. The van der Waals surface area contributed by atoms with Gasteiger partial charge in [-0.2, -0.15) is 0 Å². The Bertz CT molecular complexity index is 447. The lowest BCUT2D eigenvalue weighted by molar-refractivity contribution is -0.385. The number of nitro benzene ring substituents is 1. The molecule has 0 N–H and O–H groups in total. The summed E-state index contributed by atoms with van der Waals surface area (Å²) >= 11 is 11.1. The molecule has 1 aromatic rings. The summed E-state index contributed by atoms with van der Waals surface area (Å²) in [7, 11) is 1.28. The quantitative estimate of drug-likeness (QED) is 0.363. The van der Waals surface area contributed by atoms with Crippen molar-refractivity contribution in [1.82, 2.24) is 0 Å². The van der Waals surface area contributed by atoms with Gasteiger partial charge < -0.3 is 4.74 Å². The number of ketones is 1. The number of methoxy groups -OCH3 is 1. The molecule has 0 atom stereocenters. The van der Waals surface area contributed by atoms with Crippen LogP contribution in [0.4, 0.5) is 5.69 Å². The molecule has 0 unspecified atom stereocenters. The summed E-state index contributed by atoms with van der Waals surface area (Å²) in [6.07, 6.45) is 0. The minimum atomic E-state index is -0.653. The SMILES string of the molecule is COc1cc(Cl)c(C(=O)CCl)cc1[N+](=O)[O-]. The number of nitrogens with zero attached hydrogens (tertiary/aromatic N) is 1. The second-order valence-electron chi connectivity index (χ2n) is 2.82. The van der Waals surface area contributed by atoms with Crippen LogP contribution in [0.3, 0.4) is 0 Å². The van der Waals surface area contributed by atoms with Crippen molar-refractivity contribution in [3.8, 4) is 5.75 Å². The van der Waals surface area contributed by atoms with Gasteiger partial charge in [0.05, 0.1) is 22.9 Å². The van der Waals surface area contributed by atoms with E-state index in [2.05, 4.69) is 0 Å². The van der Waals surface area contributed by atoms with Crippen molar-refractivity contribution in [3.05, 3.63) is 32.8 Å². The molecule has 0 aromatic heterocycles. The highest BCUT2D eigenvalue weighted by atomic mass is 35.5. The Kier molecular flexibility index (Phi) is 4.09. The number of carbonyl (C=O) groups is 1. The molecule has 0 saturated heterocycles. The number of hydrogen-bond acceptors (Lipinski definition) is 4. The zero-order valence-electron chi connectivity index (χ0n) is 8.20. The van der Waals surface area contributed by atoms with E-state index in [9.17, 15) is 14.9 Å². The van der Waals surface area contributed by atoms with Crippen molar-refractivity contribution in [2.75, 3.05) is 13.0 Å². The molecule has 0 fully saturated rings. The Hall–Kier alpha value is -1.33. The maximum atomic E-state index is 11.3. The van der Waals surface area contributed by atoms with Crippen molar-refractivity contribution < 1.29 is 14.5 Å². The largest absolute Gasteiger partial charge is 0.490 e. The fourth-order valence-electron chi connectivity index (χ4n) is 1.14. The van der Waals surface area contributed by atoms with E-state index in [1.165, 1.54) is 13.2 Å². The van der Waals surface area contributed by atoms with Gasteiger partial charge in [-0.15, -0.1) is 11.6 Å². The Morgan fingerprint density at radius 2 is 2.19 bits per heavy atom. The van der Waals surface area contributed by atoms with E-state index in [0.717, 1.165) is 6.07 Å². The van der Waals surface area contributed by atoms with Gasteiger partial charge in [0.25, 0.3) is 0 Å². The molecule has 5 nitrogen and oxygen atoms in total. The molecule has 0 aliphatic heterocycles. The third-order valence-electron chi connectivity index (χ3n) is 1.89. The van der Waals surface area contributed by atoms with E-state index in [4.69, 9.17) is 27.9 Å². The lowest BCUT2D eigenvalue weighted by atomic mass is 10.1. The molecule has 1 aromatic carbocycles. The average Bonchev–Trinajstić information content (AvgIpc) is 2.27. The minimum Gasteiger partial charge on any atom is -0.490 e. The standard InChI is InChI=1S/C9H7Cl2NO4/c1-16-9-3-6(11)5(8(13)4-10)2-7(9)12(14)15/h2-3H,4H2,1H3. The van der Waals surface area contributed by atoms with Crippen molar-refractivity contribution in [3.63, 3.8) is 0 Å². The van der Waals surface area contributed by atoms with E-state index >= 15 is 0 Å². The Labute approximate surface area is 101 Å². The smallest absolute Gasteiger partial charge is 0.311 e. The maximum Gasteiger partial charge on any atom is 0.311 e. The summed E-state index contributed by atoms with van der Waals surface area (Å²) in [4.78, 5) is 21.4. The van der Waals surface area contributed by atoms with Gasteiger partial charge in [-0.1, -0.05) is 11.6 Å². The van der Waals surface area contributed by atoms with E-state index in [1.807, 2.05) is 0 Å². The maximum absolute atomic E-state index is 11.3. The minimum absolute atomic E-state index is 0.00104. The molecule has 16 heavy (non-hydrogen) atoms. The summed E-state index contributed by atoms with van der Waals surface area (Å²) in [6.45, 7) is 0. The number of nitro groups is 1. The highest BCUT2D eigenvalue weighted by Gasteiger charge is 2.21. The predicted molar refractivity (Wildman–Crippen MR) is 59.7 cm³/mol. The molecule has 0 heterocycles. The number of Topliss-reactive ketones (excluding diaryl/α,β-unsaturated/α-hetero) is 1. The summed E-state index contributed by atoms with van der Waals surface area (Å²) in [5, 5.41) is 10.8. The number of rotatable bonds is 4. The van der Waals surface area contributed by atoms with Crippen LogP contribution in [0.25, 0.3) is 0 Å². The first kappa shape index (κ1) is 12.7. The van der Waals surface area contributed by atoms with Gasteiger partial charge in [-0.05, 0) is 0 Å². The summed E-state index contributed by atoms with van der Waals surface area (Å²) in [5.41, 5.74) is -0.301. The Morgan fingerprint density at radius 1 is 1.56 bits per heavy atom. The van der Waals surface area contributed by atoms with Gasteiger partial charge >= 0.3 is 5.69 Å². The van der Waals surface area contributed by atoms with Gasteiger partial charge in [-0.25, -0.2) is 0 Å². The predicted octanol–water partition coefficient (Wildman–Crippen LogP) is 2.68. The third kappa shape index (κ3) is 2.43. The zero-order chi connectivity index (χ0) is 12.3. The second kappa shape index (κ2) is 5.14. The molecule has 0 spiro atoms. The summed E-state index contributed by atoms with van der Waals surface area (Å²) in [6, 6.07) is 2.28. The molecule has 0 saturated carbocycles. The molecule has 0 aliphatic rings. The molecule has 86 valence electrons. The summed E-state index contributed by atoms with van der Waals surface area (Å²) < 4.78 is 4.79. The highest BCUT2D eigenvalue weighted by molar-refractivity contribution is 6.37. The number of carbonyl (C=O) groups excluding carboxylic acids is 1. The van der Waals surface area contributed by atoms with Crippen LogP contribution in [0.2, 0.25) is 5.02 Å². The number of halogens is 2. The van der Waals surface area contributed by atoms with Crippen molar-refractivity contribution >= 4 is 34.7 Å². The fourth-order valence-corrected chi connectivity index (χ4v) is 1.54. The normalized spacial score (nSPS) is 9.94. The fraction of sp³-hybridized carbons (Fsp3) is 0.222. The van der Waals surface area contributed by atoms with Gasteiger partial charge in [0, 0.05) is 17.7 Å². The molecule has 0 aliphatic carbocycles. The number of hydrogen-bond donors (Lipinski definition) is 0. The molecular formula is C9H7Cl2NO4. The molecule has 7 heteroatoms. The van der Waals surface area contributed by atoms with Crippen LogP contribution in [0.15, 0.2) is 12.1 Å². The van der Waals surface area contributed by atoms with Crippen molar-refractivity contribution in [1.29, 1.82) is 0 Å². The van der Waals surface area contributed by atoms with Crippen LogP contribution < -0.4 is 4.74 Å². The van der Waals surface area contributed by atoms with Gasteiger partial charge in [-0.3, -0.25) is 14.9 Å². The molecule has 1 rings (SSSR count). The van der Waals surface area contributed by atoms with Gasteiger partial charge in [0.15, 0.2) is 11.5 Å². The monoisotopic (exact) mass is 263 g/mol. The molecule has 0 bridgehead atoms. The first-order valence-corrected chi connectivity index (χ1v) is 5.03. The van der Waals surface area contributed by atoms with Crippen LogP contribution in [0, 0.1) is 10.1 Å². The van der Waals surface area contributed by atoms with Crippen molar-refractivity contribution in [2.45, 2.75) is 0 Å². The Balaban J connectivity index is 3.38. The second-order valence-corrected chi connectivity index (χ2v) is 3.49. The topological polar surface area (TPSA) is 69.4 Å². The average molecular weight is 264 g/mol. The van der Waals surface area contributed by atoms with E-state index < -0.39 is 10.7 Å². The zero-order valence-corrected chi connectivity index (χ0v) is 9.71. The number of ether oxygens (including phenoxy) is 1. The van der Waals surface area contributed by atoms with Crippen LogP contribution in [-0.4, -0.2) is 23.7 Å². The van der Waals surface area contributed by atoms with E-state index in [-0.39, 0.29) is 27.9 Å². The molecular weight excluding hydrogens is 257 g/mol. The number of alkyl halides is 1. The van der Waals surface area contributed by atoms with E-state index in [1.54, 1.807) is 0 Å². The first-order chi connectivity index (χ1) is 7.51. The highest BCUT2D eigenvalue weighted by Crippen LogP contribution is 2.33. The molecule has 0 radical (unpaired) electrons. The van der Waals surface area contributed by atoms with Crippen molar-refractivity contribution in [2.24, 2.45) is 0 Å². The van der Waals surface area contributed by atoms with Crippen LogP contribution in [-0.2, 0) is 0 Å². The molecule has 0 amide bonds. The van der Waals surface area contributed by atoms with Gasteiger partial charge in [0.2, 0.25) is 0 Å². The lowest BCUT2D eigenvalue weighted by Gasteiger charge is -2.05. The number of benzene rings is 1. The van der Waals surface area contributed by atoms with Crippen LogP contribution in [0.5, 0.6) is 5.75 Å². The van der Waals surface area contributed by atoms with Gasteiger partial charge in [0.1, 0.15) is 0 Å². The van der Waals surface area contributed by atoms with E-state index in [0.29, 0.717) is 0 Å². The Morgan fingerprint density at radius 3 is 2.62 bits per heavy atom. The first-order valence-electron chi connectivity index (χ1n) is 4.12.